The second-order valence-electron chi connectivity index (χ2n) is 6.50. The Morgan fingerprint density at radius 2 is 1.78 bits per heavy atom. The zero-order chi connectivity index (χ0) is 14.7. The van der Waals surface area contributed by atoms with Crippen LogP contribution in [0.2, 0.25) is 0 Å². The van der Waals surface area contributed by atoms with Gasteiger partial charge in [0, 0.05) is 32.2 Å². The summed E-state index contributed by atoms with van der Waals surface area (Å²) in [5.74, 6) is 1.80. The van der Waals surface area contributed by atoms with E-state index >= 15 is 0 Å². The van der Waals surface area contributed by atoms with Gasteiger partial charge in [-0.15, -0.1) is 24.8 Å². The lowest BCUT2D eigenvalue weighted by molar-refractivity contribution is 0.125. The smallest absolute Gasteiger partial charge is 0.119 e. The summed E-state index contributed by atoms with van der Waals surface area (Å²) in [5, 5.41) is 3.48. The lowest BCUT2D eigenvalue weighted by Gasteiger charge is -2.39. The Kier molecular flexibility index (Phi) is 8.70. The quantitative estimate of drug-likeness (QED) is 0.878. The Balaban J connectivity index is 0.00000132. The molecule has 1 aromatic carbocycles. The molecule has 1 atom stereocenters. The molecule has 1 heterocycles. The topological polar surface area (TPSA) is 24.5 Å². The van der Waals surface area contributed by atoms with Crippen molar-refractivity contribution < 1.29 is 4.74 Å². The van der Waals surface area contributed by atoms with Crippen molar-refractivity contribution >= 4 is 24.8 Å². The zero-order valence-electron chi connectivity index (χ0n) is 14.2. The van der Waals surface area contributed by atoms with Gasteiger partial charge in [0.1, 0.15) is 5.75 Å². The molecular weight excluding hydrogens is 331 g/mol. The van der Waals surface area contributed by atoms with Crippen molar-refractivity contribution in [2.45, 2.75) is 38.6 Å². The molecule has 23 heavy (non-hydrogen) atoms. The van der Waals surface area contributed by atoms with Crippen LogP contribution in [-0.4, -0.2) is 38.2 Å². The molecule has 0 radical (unpaired) electrons. The minimum Gasteiger partial charge on any atom is -0.497 e. The van der Waals surface area contributed by atoms with Gasteiger partial charge in [0.2, 0.25) is 0 Å². The first-order chi connectivity index (χ1) is 10.3. The summed E-state index contributed by atoms with van der Waals surface area (Å²) in [6.07, 6.45) is 5.59. The highest BCUT2D eigenvalue weighted by Gasteiger charge is 2.32. The minimum absolute atomic E-state index is 0. The molecule has 2 aliphatic rings. The van der Waals surface area contributed by atoms with Crippen LogP contribution in [0.5, 0.6) is 5.75 Å². The summed E-state index contributed by atoms with van der Waals surface area (Å²) in [7, 11) is 1.75. The van der Waals surface area contributed by atoms with Gasteiger partial charge in [0.25, 0.3) is 0 Å². The average Bonchev–Trinajstić information content (AvgIpc) is 3.04. The Hall–Kier alpha value is -0.480. The molecule has 0 spiro atoms. The van der Waals surface area contributed by atoms with Crippen molar-refractivity contribution in [2.75, 3.05) is 33.3 Å². The van der Waals surface area contributed by atoms with E-state index in [1.807, 2.05) is 0 Å². The molecule has 132 valence electrons. The normalized spacial score (nSPS) is 20.4. The number of rotatable bonds is 4. The van der Waals surface area contributed by atoms with Crippen LogP contribution in [0.3, 0.4) is 0 Å². The molecule has 1 aromatic rings. The largest absolute Gasteiger partial charge is 0.497 e. The van der Waals surface area contributed by atoms with Crippen LogP contribution in [0.25, 0.3) is 0 Å². The van der Waals surface area contributed by atoms with E-state index in [9.17, 15) is 0 Å². The van der Waals surface area contributed by atoms with E-state index in [1.54, 1.807) is 7.11 Å². The average molecular weight is 361 g/mol. The van der Waals surface area contributed by atoms with Gasteiger partial charge in [0.05, 0.1) is 7.11 Å². The number of aryl methyl sites for hydroxylation is 1. The first-order valence-corrected chi connectivity index (χ1v) is 8.39. The van der Waals surface area contributed by atoms with E-state index in [0.717, 1.165) is 24.8 Å². The Morgan fingerprint density at radius 1 is 1.13 bits per heavy atom. The summed E-state index contributed by atoms with van der Waals surface area (Å²) < 4.78 is 5.38. The third-order valence-electron chi connectivity index (χ3n) is 5.19. The van der Waals surface area contributed by atoms with Crippen molar-refractivity contribution in [1.29, 1.82) is 0 Å². The fraction of sp³-hybridized carbons (Fsp3) is 0.667. The predicted molar refractivity (Wildman–Crippen MR) is 101 cm³/mol. The molecule has 1 N–H and O–H groups in total. The van der Waals surface area contributed by atoms with E-state index in [-0.39, 0.29) is 24.8 Å². The number of hydrogen-bond donors (Lipinski definition) is 1. The number of benzene rings is 1. The maximum absolute atomic E-state index is 5.38. The molecule has 2 fully saturated rings. The second-order valence-corrected chi connectivity index (χ2v) is 6.50. The fourth-order valence-electron chi connectivity index (χ4n) is 4.09. The van der Waals surface area contributed by atoms with Gasteiger partial charge in [-0.25, -0.2) is 0 Å². The Morgan fingerprint density at radius 3 is 2.35 bits per heavy atom. The van der Waals surface area contributed by atoms with Gasteiger partial charge >= 0.3 is 0 Å². The molecule has 5 heteroatoms. The van der Waals surface area contributed by atoms with Crippen LogP contribution in [0, 0.1) is 12.8 Å². The number of nitrogens with one attached hydrogen (secondary N) is 1. The number of ether oxygens (including phenoxy) is 1. The Bertz CT molecular complexity index is 472. The van der Waals surface area contributed by atoms with Gasteiger partial charge in [-0.05, 0) is 48.9 Å². The van der Waals surface area contributed by atoms with E-state index < -0.39 is 0 Å². The molecule has 0 aromatic heterocycles. The van der Waals surface area contributed by atoms with Gasteiger partial charge < -0.3 is 10.1 Å². The molecule has 0 amide bonds. The zero-order valence-corrected chi connectivity index (χ0v) is 15.8. The standard InChI is InChI=1S/C18H28N2O.2ClH/c1-14-13-16(21-2)7-8-17(14)18(15-5-3-4-6-15)20-11-9-19-10-12-20;;/h7-8,13,15,18-19H,3-6,9-12H2,1-2H3;2*1H/t18-;;/m0../s1. The van der Waals surface area contributed by atoms with Crippen LogP contribution in [0.1, 0.15) is 42.9 Å². The first-order valence-electron chi connectivity index (χ1n) is 8.39. The summed E-state index contributed by atoms with van der Waals surface area (Å²) >= 11 is 0. The molecule has 1 aliphatic carbocycles. The van der Waals surface area contributed by atoms with E-state index in [1.165, 1.54) is 49.9 Å². The maximum atomic E-state index is 5.38. The monoisotopic (exact) mass is 360 g/mol. The third kappa shape index (κ3) is 4.76. The summed E-state index contributed by atoms with van der Waals surface area (Å²) in [4.78, 5) is 2.71. The number of hydrogen-bond acceptors (Lipinski definition) is 3. The molecule has 3 rings (SSSR count). The van der Waals surface area contributed by atoms with Crippen LogP contribution in [-0.2, 0) is 0 Å². The molecule has 0 unspecified atom stereocenters. The summed E-state index contributed by atoms with van der Waals surface area (Å²) in [6, 6.07) is 7.23. The second kappa shape index (κ2) is 9.73. The highest BCUT2D eigenvalue weighted by molar-refractivity contribution is 5.85. The lowest BCUT2D eigenvalue weighted by Crippen LogP contribution is -2.46. The van der Waals surface area contributed by atoms with Crippen LogP contribution in [0.4, 0.5) is 0 Å². The first kappa shape index (κ1) is 20.6. The van der Waals surface area contributed by atoms with E-state index in [0.29, 0.717) is 6.04 Å². The van der Waals surface area contributed by atoms with Crippen molar-refractivity contribution in [3.05, 3.63) is 29.3 Å². The van der Waals surface area contributed by atoms with Gasteiger partial charge in [-0.2, -0.15) is 0 Å². The fourth-order valence-corrected chi connectivity index (χ4v) is 4.09. The van der Waals surface area contributed by atoms with E-state index in [2.05, 4.69) is 35.3 Å². The molecule has 3 nitrogen and oxygen atoms in total. The minimum atomic E-state index is 0. The highest BCUT2D eigenvalue weighted by Crippen LogP contribution is 2.41. The molecule has 0 bridgehead atoms. The Labute approximate surface area is 153 Å². The number of methoxy groups -OCH3 is 1. The van der Waals surface area contributed by atoms with Crippen molar-refractivity contribution in [3.8, 4) is 5.75 Å². The van der Waals surface area contributed by atoms with Crippen molar-refractivity contribution in [3.63, 3.8) is 0 Å². The summed E-state index contributed by atoms with van der Waals surface area (Å²) in [5.41, 5.74) is 2.90. The number of piperazine rings is 1. The molecule has 1 saturated heterocycles. The van der Waals surface area contributed by atoms with Crippen molar-refractivity contribution in [2.24, 2.45) is 5.92 Å². The van der Waals surface area contributed by atoms with Gasteiger partial charge in [0.15, 0.2) is 0 Å². The lowest BCUT2D eigenvalue weighted by atomic mass is 9.87. The van der Waals surface area contributed by atoms with Crippen LogP contribution >= 0.6 is 24.8 Å². The number of halogens is 2. The van der Waals surface area contributed by atoms with Crippen LogP contribution in [0.15, 0.2) is 18.2 Å². The van der Waals surface area contributed by atoms with Crippen molar-refractivity contribution in [1.82, 2.24) is 10.2 Å². The third-order valence-corrected chi connectivity index (χ3v) is 5.19. The SMILES string of the molecule is COc1ccc([C@H](C2CCCC2)N2CCNCC2)c(C)c1.Cl.Cl. The molecular formula is C18H30Cl2N2O. The highest BCUT2D eigenvalue weighted by atomic mass is 35.5. The molecule has 1 saturated carbocycles. The van der Waals surface area contributed by atoms with Gasteiger partial charge in [-0.1, -0.05) is 18.9 Å². The van der Waals surface area contributed by atoms with Gasteiger partial charge in [-0.3, -0.25) is 4.90 Å². The van der Waals surface area contributed by atoms with E-state index in [4.69, 9.17) is 4.74 Å². The number of nitrogens with zero attached hydrogens (tertiary/aromatic N) is 1. The predicted octanol–water partition coefficient (Wildman–Crippen LogP) is 3.98. The maximum Gasteiger partial charge on any atom is 0.119 e. The molecule has 1 aliphatic heterocycles. The van der Waals surface area contributed by atoms with Crippen LogP contribution < -0.4 is 10.1 Å². The summed E-state index contributed by atoms with van der Waals surface area (Å²) in [6.45, 7) is 6.83.